The number of pyridine rings is 1. The van der Waals surface area contributed by atoms with Crippen LogP contribution in [0.2, 0.25) is 10.0 Å². The maximum Gasteiger partial charge on any atom is 0.387 e. The Labute approximate surface area is 251 Å². The summed E-state index contributed by atoms with van der Waals surface area (Å²) in [6.45, 7) is -3.38. The molecule has 14 heteroatoms. The minimum Gasteiger partial charge on any atom is -0.489 e. The Morgan fingerprint density at radius 1 is 1.07 bits per heavy atom. The van der Waals surface area contributed by atoms with Crippen molar-refractivity contribution in [2.24, 2.45) is 5.92 Å². The molecule has 224 valence electrons. The molecule has 1 amide bonds. The molecule has 1 aliphatic carbocycles. The lowest BCUT2D eigenvalue weighted by atomic mass is 10.0. The Bertz CT molecular complexity index is 1550. The van der Waals surface area contributed by atoms with Crippen molar-refractivity contribution >= 4 is 44.9 Å². The maximum atomic E-state index is 13.0. The zero-order valence-electron chi connectivity index (χ0n) is 22.2. The Kier molecular flexibility index (Phi) is 10.2. The number of hydrogen-bond donors (Lipinski definition) is 1. The summed E-state index contributed by atoms with van der Waals surface area (Å²) in [4.78, 5) is 28.3. The summed E-state index contributed by atoms with van der Waals surface area (Å²) in [6.07, 6.45) is 4.82. The third-order valence-electron chi connectivity index (χ3n) is 6.31. The highest BCUT2D eigenvalue weighted by molar-refractivity contribution is 7.90. The molecule has 0 saturated heterocycles. The number of aromatic nitrogens is 1. The van der Waals surface area contributed by atoms with Gasteiger partial charge in [-0.1, -0.05) is 41.4 Å². The van der Waals surface area contributed by atoms with Gasteiger partial charge in [0.15, 0.2) is 33.7 Å². The van der Waals surface area contributed by atoms with Gasteiger partial charge >= 0.3 is 12.6 Å². The highest BCUT2D eigenvalue weighted by atomic mass is 35.5. The van der Waals surface area contributed by atoms with Gasteiger partial charge < -0.3 is 19.5 Å². The van der Waals surface area contributed by atoms with Crippen LogP contribution in [0.25, 0.3) is 0 Å². The predicted molar refractivity (Wildman–Crippen MR) is 149 cm³/mol. The number of ether oxygens (including phenoxy) is 3. The van der Waals surface area contributed by atoms with Crippen LogP contribution in [0, 0.1) is 5.92 Å². The summed E-state index contributed by atoms with van der Waals surface area (Å²) in [5.74, 6) is -1.48. The number of H-pyrrole nitrogens is 1. The average Bonchev–Trinajstić information content (AvgIpc) is 3.76. The summed E-state index contributed by atoms with van der Waals surface area (Å²) in [5, 5.41) is 2.90. The van der Waals surface area contributed by atoms with E-state index in [1.807, 2.05) is 0 Å². The number of esters is 1. The number of rotatable bonds is 13. The van der Waals surface area contributed by atoms with E-state index in [2.05, 4.69) is 15.0 Å². The van der Waals surface area contributed by atoms with Crippen molar-refractivity contribution in [1.82, 2.24) is 5.32 Å². The van der Waals surface area contributed by atoms with E-state index in [-0.39, 0.29) is 38.4 Å². The molecule has 42 heavy (non-hydrogen) atoms. The smallest absolute Gasteiger partial charge is 0.387 e. The fourth-order valence-corrected chi connectivity index (χ4v) is 5.45. The molecule has 0 radical (unpaired) electrons. The van der Waals surface area contributed by atoms with Crippen molar-refractivity contribution in [2.75, 3.05) is 19.4 Å². The van der Waals surface area contributed by atoms with E-state index in [9.17, 15) is 26.8 Å². The number of aromatic amines is 1. The molecule has 1 aliphatic rings. The van der Waals surface area contributed by atoms with E-state index < -0.39 is 41.0 Å². The van der Waals surface area contributed by atoms with Gasteiger partial charge in [-0.2, -0.15) is 8.78 Å². The number of benzene rings is 2. The van der Waals surface area contributed by atoms with Crippen molar-refractivity contribution in [3.63, 3.8) is 0 Å². The second-order valence-electron chi connectivity index (χ2n) is 9.60. The molecule has 0 spiro atoms. The first kappa shape index (κ1) is 31.5. The number of carbonyl (C=O) groups excluding carboxylic acids is 2. The van der Waals surface area contributed by atoms with E-state index in [1.165, 1.54) is 54.9 Å². The van der Waals surface area contributed by atoms with Crippen LogP contribution in [-0.4, -0.2) is 46.3 Å². The summed E-state index contributed by atoms with van der Waals surface area (Å²) in [5.41, 5.74) is 0.675. The molecule has 0 unspecified atom stereocenters. The third-order valence-corrected chi connectivity index (χ3v) is 8.14. The number of carbonyl (C=O) groups is 2. The molecule has 0 bridgehead atoms. The van der Waals surface area contributed by atoms with Crippen LogP contribution in [-0.2, 0) is 25.8 Å². The normalized spacial score (nSPS) is 13.9. The molecule has 2 aromatic carbocycles. The first-order valence-electron chi connectivity index (χ1n) is 12.7. The van der Waals surface area contributed by atoms with Crippen LogP contribution >= 0.6 is 23.2 Å². The lowest BCUT2D eigenvalue weighted by Crippen LogP contribution is -2.32. The summed E-state index contributed by atoms with van der Waals surface area (Å²) in [7, 11) is -3.71. The van der Waals surface area contributed by atoms with E-state index in [1.54, 1.807) is 0 Å². The average molecular weight is 645 g/mol. The van der Waals surface area contributed by atoms with Crippen molar-refractivity contribution in [3.05, 3.63) is 81.6 Å². The molecule has 2 N–H and O–H groups in total. The van der Waals surface area contributed by atoms with Crippen LogP contribution in [0.5, 0.6) is 11.5 Å². The fraction of sp³-hybridized carbons (Fsp3) is 0.321. The molecule has 1 heterocycles. The first-order chi connectivity index (χ1) is 19.9. The quantitative estimate of drug-likeness (QED) is 0.264. The Balaban J connectivity index is 1.57. The molecular formula is C28H27Cl2F2N2O7S+. The number of alkyl halides is 2. The van der Waals surface area contributed by atoms with Gasteiger partial charge in [0, 0.05) is 18.2 Å². The van der Waals surface area contributed by atoms with E-state index in [0.717, 1.165) is 19.1 Å². The Hall–Kier alpha value is -3.48. The molecular weight excluding hydrogens is 617 g/mol. The minimum atomic E-state index is -3.71. The van der Waals surface area contributed by atoms with Crippen molar-refractivity contribution < 1.29 is 46.0 Å². The standard InChI is InChI=1S/C28H26Cl2F2N2O7S/c1-42(37,38)25-5-3-2-4-18(25)27(36)34-14-26(35)40-23(11-19-20(29)12-33-13-21(19)30)17-8-9-22(41-28(31)32)24(10-17)39-15-16-6-7-16/h2-5,8-10,12-13,16,23,28H,6-7,11,14-15H2,1H3,(H,34,36)/p+1/t23-/m0/s1. The van der Waals surface area contributed by atoms with Crippen LogP contribution in [0.4, 0.5) is 8.78 Å². The van der Waals surface area contributed by atoms with Gasteiger partial charge in [-0.15, -0.1) is 0 Å². The monoisotopic (exact) mass is 643 g/mol. The maximum absolute atomic E-state index is 13.0. The molecule has 1 atom stereocenters. The van der Waals surface area contributed by atoms with Crippen LogP contribution in [0.3, 0.4) is 0 Å². The number of halogens is 4. The topological polar surface area (TPSA) is 122 Å². The zero-order valence-corrected chi connectivity index (χ0v) is 24.6. The van der Waals surface area contributed by atoms with E-state index >= 15 is 0 Å². The number of nitrogens with one attached hydrogen (secondary N) is 2. The van der Waals surface area contributed by atoms with Crippen molar-refractivity contribution in [1.29, 1.82) is 0 Å². The second-order valence-corrected chi connectivity index (χ2v) is 12.4. The highest BCUT2D eigenvalue weighted by Crippen LogP contribution is 2.37. The van der Waals surface area contributed by atoms with Crippen LogP contribution in [0.15, 0.2) is 59.8 Å². The van der Waals surface area contributed by atoms with Crippen LogP contribution < -0.4 is 19.8 Å². The van der Waals surface area contributed by atoms with Gasteiger partial charge in [-0.05, 0) is 48.6 Å². The first-order valence-corrected chi connectivity index (χ1v) is 15.4. The molecule has 1 saturated carbocycles. The zero-order chi connectivity index (χ0) is 30.4. The lowest BCUT2D eigenvalue weighted by molar-refractivity contribution is -0.377. The Morgan fingerprint density at radius 3 is 2.40 bits per heavy atom. The molecule has 4 rings (SSSR count). The van der Waals surface area contributed by atoms with Gasteiger partial charge in [0.2, 0.25) is 0 Å². The largest absolute Gasteiger partial charge is 0.489 e. The van der Waals surface area contributed by atoms with Gasteiger partial charge in [-0.25, -0.2) is 13.4 Å². The van der Waals surface area contributed by atoms with E-state index in [4.69, 9.17) is 32.7 Å². The van der Waals surface area contributed by atoms with Gasteiger partial charge in [-0.3, -0.25) is 9.59 Å². The van der Waals surface area contributed by atoms with Gasteiger partial charge in [0.1, 0.15) is 22.7 Å². The van der Waals surface area contributed by atoms with Crippen molar-refractivity contribution in [3.8, 4) is 11.5 Å². The number of sulfone groups is 1. The van der Waals surface area contributed by atoms with Crippen LogP contribution in [0.1, 0.15) is 40.4 Å². The second kappa shape index (κ2) is 13.7. The Morgan fingerprint density at radius 2 is 1.76 bits per heavy atom. The van der Waals surface area contributed by atoms with Gasteiger partial charge in [0.05, 0.1) is 17.1 Å². The summed E-state index contributed by atoms with van der Waals surface area (Å²) in [6, 6.07) is 9.75. The van der Waals surface area contributed by atoms with Crippen molar-refractivity contribution in [2.45, 2.75) is 36.9 Å². The van der Waals surface area contributed by atoms with Gasteiger partial charge in [0.25, 0.3) is 5.91 Å². The SMILES string of the molecule is CS(=O)(=O)c1ccccc1C(=O)NCC(=O)O[C@@H](Cc1c(Cl)c[nH+]cc1Cl)c1ccc(OC(F)F)c(OCC2CC2)c1. The molecule has 3 aromatic rings. The lowest BCUT2D eigenvalue weighted by Gasteiger charge is -2.21. The minimum absolute atomic E-state index is 0.0138. The van der Waals surface area contributed by atoms with E-state index in [0.29, 0.717) is 23.7 Å². The molecule has 9 nitrogen and oxygen atoms in total. The third kappa shape index (κ3) is 8.52. The number of hydrogen-bond acceptors (Lipinski definition) is 7. The predicted octanol–water partition coefficient (Wildman–Crippen LogP) is 4.86. The molecule has 1 fully saturated rings. The molecule has 0 aliphatic heterocycles. The summed E-state index contributed by atoms with van der Waals surface area (Å²) >= 11 is 12.7. The number of amides is 1. The molecule has 1 aromatic heterocycles. The fourth-order valence-electron chi connectivity index (χ4n) is 4.03. The highest BCUT2D eigenvalue weighted by Gasteiger charge is 2.27. The summed E-state index contributed by atoms with van der Waals surface area (Å²) < 4.78 is 66.3.